The van der Waals surface area contributed by atoms with Gasteiger partial charge in [-0.05, 0) is 55.0 Å². The number of benzene rings is 2. The normalized spacial score (nSPS) is 10.8. The second kappa shape index (κ2) is 7.79. The summed E-state index contributed by atoms with van der Waals surface area (Å²) in [6.45, 7) is 1.24. The van der Waals surface area contributed by atoms with E-state index in [0.717, 1.165) is 0 Å². The fourth-order valence-corrected chi connectivity index (χ4v) is 3.33. The number of nitrogens with zero attached hydrogens (tertiary/aromatic N) is 1. The Morgan fingerprint density at radius 2 is 1.88 bits per heavy atom. The average Bonchev–Trinajstić information content (AvgIpc) is 2.60. The van der Waals surface area contributed by atoms with Crippen LogP contribution in [-0.4, -0.2) is 28.0 Å². The number of sulfonamides is 1. The third-order valence-electron chi connectivity index (χ3n) is 3.39. The van der Waals surface area contributed by atoms with Gasteiger partial charge >= 0.3 is 0 Å². The molecule has 0 aliphatic carbocycles. The Hall–Kier alpha value is -2.89. The molecule has 0 aliphatic heterocycles. The number of rotatable bonds is 6. The van der Waals surface area contributed by atoms with Gasteiger partial charge in [0.25, 0.3) is 0 Å². The van der Waals surface area contributed by atoms with Crippen molar-refractivity contribution in [2.24, 2.45) is 0 Å². The van der Waals surface area contributed by atoms with Gasteiger partial charge in [-0.2, -0.15) is 5.26 Å². The Kier molecular flexibility index (Phi) is 5.75. The standard InChI is InChI=1S/C17H17N3O4S/c1-12-9-15(24-2)7-8-16(12)25(22,23)19-11-17(21)20-14-5-3-13(10-18)4-6-14/h3-9,19H,11H2,1-2H3,(H,20,21). The first kappa shape index (κ1) is 18.4. The van der Waals surface area contributed by atoms with E-state index < -0.39 is 22.5 Å². The predicted molar refractivity (Wildman–Crippen MR) is 92.7 cm³/mol. The van der Waals surface area contributed by atoms with Crippen LogP contribution in [0.2, 0.25) is 0 Å². The molecule has 0 saturated carbocycles. The molecule has 0 aromatic heterocycles. The van der Waals surface area contributed by atoms with Crippen LogP contribution in [-0.2, 0) is 14.8 Å². The predicted octanol–water partition coefficient (Wildman–Crippen LogP) is 1.79. The van der Waals surface area contributed by atoms with Gasteiger partial charge in [-0.1, -0.05) is 0 Å². The number of anilines is 1. The van der Waals surface area contributed by atoms with Gasteiger partial charge < -0.3 is 10.1 Å². The number of hydrogen-bond donors (Lipinski definition) is 2. The first-order chi connectivity index (χ1) is 11.9. The summed E-state index contributed by atoms with van der Waals surface area (Å²) >= 11 is 0. The Morgan fingerprint density at radius 3 is 2.44 bits per heavy atom. The van der Waals surface area contributed by atoms with Crippen LogP contribution in [0.5, 0.6) is 5.75 Å². The molecule has 25 heavy (non-hydrogen) atoms. The summed E-state index contributed by atoms with van der Waals surface area (Å²) in [5, 5.41) is 11.3. The van der Waals surface area contributed by atoms with Gasteiger partial charge in [0.1, 0.15) is 5.75 Å². The zero-order valence-corrected chi connectivity index (χ0v) is 14.6. The van der Waals surface area contributed by atoms with Gasteiger partial charge in [0, 0.05) is 5.69 Å². The lowest BCUT2D eigenvalue weighted by Crippen LogP contribution is -2.33. The quantitative estimate of drug-likeness (QED) is 0.817. The highest BCUT2D eigenvalue weighted by Gasteiger charge is 2.18. The van der Waals surface area contributed by atoms with Crippen LogP contribution >= 0.6 is 0 Å². The van der Waals surface area contributed by atoms with Crippen molar-refractivity contribution in [2.75, 3.05) is 19.0 Å². The number of nitrogens with one attached hydrogen (secondary N) is 2. The zero-order chi connectivity index (χ0) is 18.4. The largest absolute Gasteiger partial charge is 0.497 e. The number of carbonyl (C=O) groups excluding carboxylic acids is 1. The molecule has 0 unspecified atom stereocenters. The van der Waals surface area contributed by atoms with E-state index in [0.29, 0.717) is 22.6 Å². The molecule has 0 spiro atoms. The van der Waals surface area contributed by atoms with Crippen molar-refractivity contribution in [3.63, 3.8) is 0 Å². The maximum atomic E-state index is 12.3. The molecular weight excluding hydrogens is 342 g/mol. The van der Waals surface area contributed by atoms with Crippen molar-refractivity contribution in [1.82, 2.24) is 4.72 Å². The molecule has 0 saturated heterocycles. The molecule has 2 N–H and O–H groups in total. The van der Waals surface area contributed by atoms with E-state index in [1.165, 1.54) is 13.2 Å². The maximum Gasteiger partial charge on any atom is 0.241 e. The number of amides is 1. The maximum absolute atomic E-state index is 12.3. The minimum Gasteiger partial charge on any atom is -0.497 e. The van der Waals surface area contributed by atoms with Gasteiger partial charge in [-0.15, -0.1) is 0 Å². The molecule has 7 nitrogen and oxygen atoms in total. The summed E-state index contributed by atoms with van der Waals surface area (Å²) in [5.41, 5.74) is 1.46. The second-order valence-electron chi connectivity index (χ2n) is 5.19. The third-order valence-corrected chi connectivity index (χ3v) is 4.95. The van der Waals surface area contributed by atoms with Crippen molar-refractivity contribution in [3.8, 4) is 11.8 Å². The van der Waals surface area contributed by atoms with Crippen LogP contribution in [0.3, 0.4) is 0 Å². The van der Waals surface area contributed by atoms with Crippen LogP contribution in [0.15, 0.2) is 47.4 Å². The van der Waals surface area contributed by atoms with E-state index >= 15 is 0 Å². The average molecular weight is 359 g/mol. The Bertz CT molecular complexity index is 916. The number of nitriles is 1. The van der Waals surface area contributed by atoms with Gasteiger partial charge in [0.15, 0.2) is 0 Å². The van der Waals surface area contributed by atoms with Gasteiger partial charge in [-0.3, -0.25) is 4.79 Å². The summed E-state index contributed by atoms with van der Waals surface area (Å²) in [5.74, 6) is 0.0365. The van der Waals surface area contributed by atoms with Crippen LogP contribution in [0, 0.1) is 18.3 Å². The van der Waals surface area contributed by atoms with E-state index in [1.54, 1.807) is 43.3 Å². The summed E-state index contributed by atoms with van der Waals surface area (Å²) < 4.78 is 32.0. The number of ether oxygens (including phenoxy) is 1. The summed E-state index contributed by atoms with van der Waals surface area (Å²) in [6.07, 6.45) is 0. The zero-order valence-electron chi connectivity index (χ0n) is 13.7. The van der Waals surface area contributed by atoms with E-state index in [2.05, 4.69) is 10.0 Å². The van der Waals surface area contributed by atoms with Crippen molar-refractivity contribution >= 4 is 21.6 Å². The third kappa shape index (κ3) is 4.79. The fourth-order valence-electron chi connectivity index (χ4n) is 2.12. The van der Waals surface area contributed by atoms with Crippen LogP contribution < -0.4 is 14.8 Å². The summed E-state index contributed by atoms with van der Waals surface area (Å²) in [6, 6.07) is 12.8. The topological polar surface area (TPSA) is 108 Å². The van der Waals surface area contributed by atoms with Crippen molar-refractivity contribution in [2.45, 2.75) is 11.8 Å². The number of methoxy groups -OCH3 is 1. The lowest BCUT2D eigenvalue weighted by Gasteiger charge is -2.11. The van der Waals surface area contributed by atoms with Crippen molar-refractivity contribution in [3.05, 3.63) is 53.6 Å². The molecule has 0 aliphatic rings. The molecular formula is C17H17N3O4S. The van der Waals surface area contributed by atoms with Crippen LogP contribution in [0.4, 0.5) is 5.69 Å². The molecule has 2 rings (SSSR count). The van der Waals surface area contributed by atoms with Gasteiger partial charge in [0.05, 0.1) is 30.2 Å². The SMILES string of the molecule is COc1ccc(S(=O)(=O)NCC(=O)Nc2ccc(C#N)cc2)c(C)c1. The highest BCUT2D eigenvalue weighted by Crippen LogP contribution is 2.20. The minimum atomic E-state index is -3.82. The number of hydrogen-bond acceptors (Lipinski definition) is 5. The number of carbonyl (C=O) groups is 1. The molecule has 130 valence electrons. The first-order valence-corrected chi connectivity index (χ1v) is 8.78. The molecule has 1 amide bonds. The highest BCUT2D eigenvalue weighted by atomic mass is 32.2. The van der Waals surface area contributed by atoms with Crippen molar-refractivity contribution < 1.29 is 17.9 Å². The Morgan fingerprint density at radius 1 is 1.20 bits per heavy atom. The number of aryl methyl sites for hydroxylation is 1. The molecule has 0 bridgehead atoms. The molecule has 0 atom stereocenters. The first-order valence-electron chi connectivity index (χ1n) is 7.30. The molecule has 8 heteroatoms. The monoisotopic (exact) mass is 359 g/mol. The van der Waals surface area contributed by atoms with E-state index in [4.69, 9.17) is 10.00 Å². The van der Waals surface area contributed by atoms with Crippen LogP contribution in [0.25, 0.3) is 0 Å². The van der Waals surface area contributed by atoms with E-state index in [9.17, 15) is 13.2 Å². The smallest absolute Gasteiger partial charge is 0.241 e. The Labute approximate surface area is 146 Å². The fraction of sp³-hybridized carbons (Fsp3) is 0.176. The summed E-state index contributed by atoms with van der Waals surface area (Å²) in [4.78, 5) is 12.0. The van der Waals surface area contributed by atoms with Crippen molar-refractivity contribution in [1.29, 1.82) is 5.26 Å². The van der Waals surface area contributed by atoms with E-state index in [1.807, 2.05) is 6.07 Å². The second-order valence-corrected chi connectivity index (χ2v) is 6.93. The minimum absolute atomic E-state index is 0.0828. The Balaban J connectivity index is 2.01. The molecule has 2 aromatic rings. The van der Waals surface area contributed by atoms with Gasteiger partial charge in [0.2, 0.25) is 15.9 Å². The molecule has 0 radical (unpaired) electrons. The molecule has 2 aromatic carbocycles. The van der Waals surface area contributed by atoms with E-state index in [-0.39, 0.29) is 4.90 Å². The molecule has 0 heterocycles. The van der Waals surface area contributed by atoms with Gasteiger partial charge in [-0.25, -0.2) is 13.1 Å². The van der Waals surface area contributed by atoms with Crippen LogP contribution in [0.1, 0.15) is 11.1 Å². The highest BCUT2D eigenvalue weighted by molar-refractivity contribution is 7.89. The lowest BCUT2D eigenvalue weighted by molar-refractivity contribution is -0.115. The molecule has 0 fully saturated rings. The summed E-state index contributed by atoms with van der Waals surface area (Å²) in [7, 11) is -2.33. The lowest BCUT2D eigenvalue weighted by atomic mass is 10.2.